The van der Waals surface area contributed by atoms with Gasteiger partial charge in [-0.2, -0.15) is 0 Å². The lowest BCUT2D eigenvalue weighted by molar-refractivity contribution is -0.129. The van der Waals surface area contributed by atoms with Gasteiger partial charge in [0.2, 0.25) is 5.91 Å². The van der Waals surface area contributed by atoms with Gasteiger partial charge in [0.25, 0.3) is 0 Å². The number of halogens is 1. The second kappa shape index (κ2) is 18.3. The number of aryl methyl sites for hydroxylation is 1. The average molecular weight is 779 g/mol. The largest absolute Gasteiger partial charge is 0.423 e. The van der Waals surface area contributed by atoms with E-state index in [1.807, 2.05) is 67.1 Å². The van der Waals surface area contributed by atoms with Gasteiger partial charge in [0.05, 0.1) is 12.5 Å². The van der Waals surface area contributed by atoms with E-state index >= 15 is 0 Å². The molecule has 0 radical (unpaired) electrons. The zero-order valence-corrected chi connectivity index (χ0v) is 32.2. The first-order valence-electron chi connectivity index (χ1n) is 19.2. The summed E-state index contributed by atoms with van der Waals surface area (Å²) in [6.45, 7) is 5.06. The van der Waals surface area contributed by atoms with Gasteiger partial charge >= 0.3 is 5.97 Å². The minimum absolute atomic E-state index is 0.0306. The lowest BCUT2D eigenvalue weighted by atomic mass is 10.0. The molecular formula is C45H43FN8O4. The van der Waals surface area contributed by atoms with Crippen LogP contribution >= 0.6 is 0 Å². The molecular weight excluding hydrogens is 736 g/mol. The first kappa shape index (κ1) is 39.2. The number of nitrogens with one attached hydrogen (secondary N) is 3. The Morgan fingerprint density at radius 1 is 0.931 bits per heavy atom. The molecule has 0 saturated heterocycles. The van der Waals surface area contributed by atoms with E-state index in [1.54, 1.807) is 42.7 Å². The maximum Gasteiger partial charge on any atom is 0.335 e. The fourth-order valence-corrected chi connectivity index (χ4v) is 6.53. The average Bonchev–Trinajstić information content (AvgIpc) is 3.86. The highest BCUT2D eigenvalue weighted by atomic mass is 19.1. The van der Waals surface area contributed by atoms with Crippen molar-refractivity contribution >= 4 is 45.5 Å². The van der Waals surface area contributed by atoms with Gasteiger partial charge in [-0.05, 0) is 74.9 Å². The molecule has 0 aliphatic heterocycles. The molecule has 0 bridgehead atoms. The highest BCUT2D eigenvalue weighted by Gasteiger charge is 2.17. The topological polar surface area (TPSA) is 157 Å². The number of ether oxygens (including phenoxy) is 1. The monoisotopic (exact) mass is 778 g/mol. The van der Waals surface area contributed by atoms with Crippen LogP contribution in [0.5, 0.6) is 5.75 Å². The number of carbonyl (C=O) groups is 3. The molecule has 0 atom stereocenters. The number of H-pyrrole nitrogens is 1. The molecule has 3 N–H and O–H groups in total. The molecule has 1 amide bonds. The summed E-state index contributed by atoms with van der Waals surface area (Å²) >= 11 is 0. The first-order valence-corrected chi connectivity index (χ1v) is 19.2. The quantitative estimate of drug-likeness (QED) is 0.0274. The summed E-state index contributed by atoms with van der Waals surface area (Å²) in [7, 11) is 0. The Hall–Kier alpha value is -7.02. The number of esters is 1. The van der Waals surface area contributed by atoms with Gasteiger partial charge in [0.1, 0.15) is 17.1 Å². The Morgan fingerprint density at radius 2 is 1.74 bits per heavy atom. The van der Waals surface area contributed by atoms with E-state index in [-0.39, 0.29) is 17.7 Å². The van der Waals surface area contributed by atoms with Crippen LogP contribution in [0, 0.1) is 5.82 Å². The molecule has 7 rings (SSSR count). The number of aromatic amines is 1. The van der Waals surface area contributed by atoms with Crippen molar-refractivity contribution in [3.05, 3.63) is 144 Å². The number of fused-ring (bicyclic) bond motifs is 2. The summed E-state index contributed by atoms with van der Waals surface area (Å²) in [6, 6.07) is 23.4. The van der Waals surface area contributed by atoms with E-state index < -0.39 is 11.8 Å². The number of hydrogen-bond acceptors (Lipinski definition) is 9. The Kier molecular flexibility index (Phi) is 12.4. The number of anilines is 1. The lowest BCUT2D eigenvalue weighted by Crippen LogP contribution is -2.24. The number of benzene rings is 3. The Balaban J connectivity index is 0.861. The van der Waals surface area contributed by atoms with Crippen LogP contribution < -0.4 is 15.4 Å². The molecule has 12 nitrogen and oxygen atoms in total. The number of amides is 1. The number of carbonyl (C=O) groups excluding carboxylic acids is 3. The number of allylic oxidation sites excluding steroid dienone is 1. The third kappa shape index (κ3) is 9.67. The molecule has 13 heteroatoms. The summed E-state index contributed by atoms with van der Waals surface area (Å²) in [5.41, 5.74) is 5.87. The van der Waals surface area contributed by atoms with E-state index in [1.165, 1.54) is 18.3 Å². The number of aromatic nitrogens is 6. The van der Waals surface area contributed by atoms with Gasteiger partial charge in [0, 0.05) is 71.6 Å². The van der Waals surface area contributed by atoms with Crippen molar-refractivity contribution in [2.45, 2.75) is 52.0 Å². The minimum Gasteiger partial charge on any atom is -0.423 e. The van der Waals surface area contributed by atoms with Crippen molar-refractivity contribution in [3.63, 3.8) is 0 Å². The lowest BCUT2D eigenvalue weighted by Gasteiger charge is -2.11. The summed E-state index contributed by atoms with van der Waals surface area (Å²) in [6.07, 6.45) is 12.3. The molecule has 294 valence electrons. The van der Waals surface area contributed by atoms with Crippen molar-refractivity contribution in [3.8, 4) is 17.1 Å². The van der Waals surface area contributed by atoms with Crippen molar-refractivity contribution in [2.75, 3.05) is 18.4 Å². The SMILES string of the molecule is CC(C)n1cnc2c(NCCc3c[nH]c4ccc(OC(=O)/C=C/CCCNC(=O)CCc5ccc(C(=O)c6ccccc6)cc5)cc34)nc(-c3cncc(F)c3)nc21. The van der Waals surface area contributed by atoms with Crippen molar-refractivity contribution < 1.29 is 23.5 Å². The van der Waals surface area contributed by atoms with Crippen molar-refractivity contribution in [2.24, 2.45) is 0 Å². The fraction of sp³-hybridized carbons (Fsp3) is 0.222. The summed E-state index contributed by atoms with van der Waals surface area (Å²) in [4.78, 5) is 58.8. The van der Waals surface area contributed by atoms with E-state index in [9.17, 15) is 18.8 Å². The maximum absolute atomic E-state index is 14.0. The van der Waals surface area contributed by atoms with Crippen molar-refractivity contribution in [1.82, 2.24) is 34.8 Å². The number of imidazole rings is 1. The molecule has 4 aromatic heterocycles. The van der Waals surface area contributed by atoms with Gasteiger partial charge in [-0.1, -0.05) is 60.7 Å². The van der Waals surface area contributed by atoms with Crippen molar-refractivity contribution in [1.29, 1.82) is 0 Å². The molecule has 4 heterocycles. The maximum atomic E-state index is 14.0. The van der Waals surface area contributed by atoms with Gasteiger partial charge in [0.15, 0.2) is 23.1 Å². The number of ketones is 1. The smallest absolute Gasteiger partial charge is 0.335 e. The van der Waals surface area contributed by atoms with Gasteiger partial charge < -0.3 is 24.9 Å². The predicted octanol–water partition coefficient (Wildman–Crippen LogP) is 7.97. The molecule has 0 unspecified atom stereocenters. The molecule has 0 saturated carbocycles. The third-order valence-electron chi connectivity index (χ3n) is 9.60. The van der Waals surface area contributed by atoms with E-state index in [4.69, 9.17) is 9.72 Å². The normalized spacial score (nSPS) is 11.4. The predicted molar refractivity (Wildman–Crippen MR) is 221 cm³/mol. The number of rotatable bonds is 17. The number of unbranched alkanes of at least 4 members (excludes halogenated alkanes) is 1. The fourth-order valence-electron chi connectivity index (χ4n) is 6.53. The number of hydrogen-bond donors (Lipinski definition) is 3. The van der Waals surface area contributed by atoms with Crippen LogP contribution in [-0.4, -0.2) is 60.2 Å². The van der Waals surface area contributed by atoms with Gasteiger partial charge in [-0.15, -0.1) is 0 Å². The molecule has 3 aromatic carbocycles. The molecule has 58 heavy (non-hydrogen) atoms. The van der Waals surface area contributed by atoms with E-state index in [0.717, 1.165) is 28.2 Å². The zero-order chi connectivity index (χ0) is 40.4. The van der Waals surface area contributed by atoms with E-state index in [0.29, 0.717) is 90.4 Å². The molecule has 0 aliphatic carbocycles. The highest BCUT2D eigenvalue weighted by Crippen LogP contribution is 2.28. The Labute approximate surface area is 334 Å². The van der Waals surface area contributed by atoms with Crippen LogP contribution in [0.25, 0.3) is 33.5 Å². The molecule has 0 fully saturated rings. The third-order valence-corrected chi connectivity index (χ3v) is 9.60. The minimum atomic E-state index is -0.489. The van der Waals surface area contributed by atoms with Gasteiger partial charge in [-0.25, -0.2) is 24.1 Å². The zero-order valence-electron chi connectivity index (χ0n) is 32.2. The second-order valence-electron chi connectivity index (χ2n) is 14.1. The van der Waals surface area contributed by atoms with Crippen LogP contribution in [0.4, 0.5) is 10.2 Å². The van der Waals surface area contributed by atoms with Crippen LogP contribution in [-0.2, 0) is 22.4 Å². The van der Waals surface area contributed by atoms with Gasteiger partial charge in [-0.3, -0.25) is 14.6 Å². The number of nitrogens with zero attached hydrogens (tertiary/aromatic N) is 5. The molecule has 0 aliphatic rings. The Bertz CT molecular complexity index is 2580. The van der Waals surface area contributed by atoms with Crippen LogP contribution in [0.2, 0.25) is 0 Å². The second-order valence-corrected chi connectivity index (χ2v) is 14.1. The first-order chi connectivity index (χ1) is 28.2. The summed E-state index contributed by atoms with van der Waals surface area (Å²) in [5.74, 6) is 0.246. The summed E-state index contributed by atoms with van der Waals surface area (Å²) < 4.78 is 21.6. The molecule has 0 spiro atoms. The number of pyridine rings is 1. The van der Waals surface area contributed by atoms with Crippen LogP contribution in [0.3, 0.4) is 0 Å². The highest BCUT2D eigenvalue weighted by molar-refractivity contribution is 6.09. The van der Waals surface area contributed by atoms with E-state index in [2.05, 4.69) is 30.6 Å². The molecule has 7 aromatic rings. The summed E-state index contributed by atoms with van der Waals surface area (Å²) in [5, 5.41) is 7.24. The van der Waals surface area contributed by atoms with Crippen LogP contribution in [0.15, 0.2) is 116 Å². The van der Waals surface area contributed by atoms with Crippen LogP contribution in [0.1, 0.15) is 66.2 Å². The Morgan fingerprint density at radius 3 is 2.53 bits per heavy atom. The standard InChI is InChI=1S/C45H43FN8O4/c1-29(2)54-28-51-41-44(52-43(53-45(41)54)34-23-35(46)27-47-25-34)49-22-20-33-26-50-38-18-17-36(24-37(33)38)58-40(56)11-7-4-8-21-48-39(55)19-14-30-12-15-32(16-13-30)42(57)31-9-5-3-6-10-31/h3,5-7,9-13,15-18,23-29,50H,4,8,14,19-22H2,1-2H3,(H,48,55)(H,49,52,53)/b11-7+.